The molecule has 0 saturated carbocycles. The SMILES string of the molecule is COc1ccc(C(F)(F)F)cc1C(C)Cc1cn[nH]n1. The number of hydrogen-bond donors (Lipinski definition) is 1. The quantitative estimate of drug-likeness (QED) is 0.938. The molecule has 1 unspecified atom stereocenters. The van der Waals surface area contributed by atoms with Crippen LogP contribution in [0.1, 0.15) is 29.7 Å². The molecule has 1 aromatic carbocycles. The van der Waals surface area contributed by atoms with Gasteiger partial charge in [0.2, 0.25) is 0 Å². The van der Waals surface area contributed by atoms with Crippen molar-refractivity contribution in [2.45, 2.75) is 25.4 Å². The predicted octanol–water partition coefficient (Wildman–Crippen LogP) is 3.18. The summed E-state index contributed by atoms with van der Waals surface area (Å²) in [6, 6.07) is 3.49. The van der Waals surface area contributed by atoms with Gasteiger partial charge in [-0.15, -0.1) is 0 Å². The number of benzene rings is 1. The van der Waals surface area contributed by atoms with Gasteiger partial charge in [0.25, 0.3) is 0 Å². The lowest BCUT2D eigenvalue weighted by molar-refractivity contribution is -0.137. The van der Waals surface area contributed by atoms with Gasteiger partial charge in [-0.2, -0.15) is 28.6 Å². The highest BCUT2D eigenvalue weighted by atomic mass is 19.4. The van der Waals surface area contributed by atoms with Gasteiger partial charge in [-0.05, 0) is 36.1 Å². The molecule has 1 aromatic heterocycles. The van der Waals surface area contributed by atoms with Crippen LogP contribution in [0.2, 0.25) is 0 Å². The molecule has 4 nitrogen and oxygen atoms in total. The Balaban J connectivity index is 2.32. The molecule has 1 N–H and O–H groups in total. The Morgan fingerprint density at radius 1 is 1.35 bits per heavy atom. The summed E-state index contributed by atoms with van der Waals surface area (Å²) in [5.41, 5.74) is 0.516. The Hall–Kier alpha value is -2.05. The number of alkyl halides is 3. The van der Waals surface area contributed by atoms with E-state index in [1.165, 1.54) is 13.2 Å². The van der Waals surface area contributed by atoms with Crippen molar-refractivity contribution in [2.24, 2.45) is 0 Å². The van der Waals surface area contributed by atoms with Crippen molar-refractivity contribution in [2.75, 3.05) is 7.11 Å². The van der Waals surface area contributed by atoms with Crippen molar-refractivity contribution in [1.29, 1.82) is 0 Å². The van der Waals surface area contributed by atoms with Gasteiger partial charge in [0.1, 0.15) is 5.75 Å². The number of aromatic amines is 1. The van der Waals surface area contributed by atoms with E-state index in [2.05, 4.69) is 15.4 Å². The van der Waals surface area contributed by atoms with Gasteiger partial charge in [0.15, 0.2) is 0 Å². The smallest absolute Gasteiger partial charge is 0.416 e. The van der Waals surface area contributed by atoms with E-state index in [1.54, 1.807) is 6.20 Å². The van der Waals surface area contributed by atoms with E-state index in [4.69, 9.17) is 4.74 Å². The van der Waals surface area contributed by atoms with E-state index >= 15 is 0 Å². The minimum atomic E-state index is -4.37. The number of hydrogen-bond acceptors (Lipinski definition) is 3. The van der Waals surface area contributed by atoms with Crippen LogP contribution < -0.4 is 4.74 Å². The van der Waals surface area contributed by atoms with Crippen LogP contribution in [0.3, 0.4) is 0 Å². The Morgan fingerprint density at radius 3 is 2.65 bits per heavy atom. The predicted molar refractivity (Wildman–Crippen MR) is 66.5 cm³/mol. The van der Waals surface area contributed by atoms with Crippen molar-refractivity contribution in [1.82, 2.24) is 15.4 Å². The molecule has 0 aliphatic carbocycles. The van der Waals surface area contributed by atoms with E-state index in [9.17, 15) is 13.2 Å². The first kappa shape index (κ1) is 14.4. The number of methoxy groups -OCH3 is 1. The molecule has 108 valence electrons. The zero-order valence-electron chi connectivity index (χ0n) is 11.0. The van der Waals surface area contributed by atoms with Crippen molar-refractivity contribution in [3.05, 3.63) is 41.2 Å². The molecular weight excluding hydrogens is 271 g/mol. The lowest BCUT2D eigenvalue weighted by atomic mass is 9.94. The van der Waals surface area contributed by atoms with Crippen molar-refractivity contribution in [3.8, 4) is 5.75 Å². The second kappa shape index (κ2) is 5.52. The lowest BCUT2D eigenvalue weighted by Gasteiger charge is -2.17. The van der Waals surface area contributed by atoms with E-state index in [0.717, 1.165) is 12.1 Å². The maximum absolute atomic E-state index is 12.8. The van der Waals surface area contributed by atoms with Gasteiger partial charge in [-0.25, -0.2) is 0 Å². The van der Waals surface area contributed by atoms with Gasteiger partial charge in [-0.3, -0.25) is 0 Å². The maximum Gasteiger partial charge on any atom is 0.416 e. The first-order valence-corrected chi connectivity index (χ1v) is 6.01. The third-order valence-corrected chi connectivity index (χ3v) is 3.07. The molecule has 0 spiro atoms. The Bertz CT molecular complexity index is 567. The Labute approximate surface area is 114 Å². The fourth-order valence-electron chi connectivity index (χ4n) is 2.04. The Morgan fingerprint density at radius 2 is 2.10 bits per heavy atom. The van der Waals surface area contributed by atoms with Gasteiger partial charge in [0.05, 0.1) is 24.6 Å². The Kier molecular flexibility index (Phi) is 3.96. The average molecular weight is 285 g/mol. The van der Waals surface area contributed by atoms with Gasteiger partial charge in [0, 0.05) is 0 Å². The van der Waals surface area contributed by atoms with Gasteiger partial charge in [-0.1, -0.05) is 6.92 Å². The summed E-state index contributed by atoms with van der Waals surface area (Å²) in [5.74, 6) is 0.270. The van der Waals surface area contributed by atoms with Gasteiger partial charge < -0.3 is 4.74 Å². The number of rotatable bonds is 4. The second-order valence-corrected chi connectivity index (χ2v) is 4.52. The monoisotopic (exact) mass is 285 g/mol. The number of nitrogens with one attached hydrogen (secondary N) is 1. The molecule has 0 radical (unpaired) electrons. The zero-order valence-corrected chi connectivity index (χ0v) is 11.0. The molecule has 7 heteroatoms. The standard InChI is InChI=1S/C13H14F3N3O/c1-8(5-10-7-17-19-18-10)11-6-9(13(14,15)16)3-4-12(11)20-2/h3-4,6-8H,5H2,1-2H3,(H,17,18,19). The molecule has 1 heterocycles. The van der Waals surface area contributed by atoms with Crippen LogP contribution in [-0.4, -0.2) is 22.5 Å². The molecular formula is C13H14F3N3O. The molecule has 1 atom stereocenters. The highest BCUT2D eigenvalue weighted by molar-refractivity contribution is 5.41. The molecule has 2 aromatic rings. The highest BCUT2D eigenvalue weighted by Crippen LogP contribution is 2.36. The summed E-state index contributed by atoms with van der Waals surface area (Å²) in [6.45, 7) is 1.83. The number of nitrogens with zero attached hydrogens (tertiary/aromatic N) is 2. The zero-order chi connectivity index (χ0) is 14.8. The number of H-pyrrole nitrogens is 1. The van der Waals surface area contributed by atoms with Crippen LogP contribution >= 0.6 is 0 Å². The summed E-state index contributed by atoms with van der Waals surface area (Å²) >= 11 is 0. The van der Waals surface area contributed by atoms with Crippen LogP contribution in [-0.2, 0) is 12.6 Å². The third-order valence-electron chi connectivity index (χ3n) is 3.07. The largest absolute Gasteiger partial charge is 0.496 e. The maximum atomic E-state index is 12.8. The summed E-state index contributed by atoms with van der Waals surface area (Å²) < 4.78 is 43.5. The highest BCUT2D eigenvalue weighted by Gasteiger charge is 2.31. The van der Waals surface area contributed by atoms with Crippen LogP contribution in [0, 0.1) is 0 Å². The van der Waals surface area contributed by atoms with Crippen LogP contribution in [0.5, 0.6) is 5.75 Å². The fraction of sp³-hybridized carbons (Fsp3) is 0.385. The van der Waals surface area contributed by atoms with Crippen LogP contribution in [0.4, 0.5) is 13.2 Å². The molecule has 2 rings (SSSR count). The van der Waals surface area contributed by atoms with Gasteiger partial charge >= 0.3 is 6.18 Å². The summed E-state index contributed by atoms with van der Waals surface area (Å²) in [4.78, 5) is 0. The normalized spacial score (nSPS) is 13.2. The number of halogens is 3. The van der Waals surface area contributed by atoms with E-state index in [0.29, 0.717) is 23.4 Å². The molecule has 0 aliphatic rings. The average Bonchev–Trinajstić information content (AvgIpc) is 2.89. The first-order valence-electron chi connectivity index (χ1n) is 6.01. The summed E-state index contributed by atoms with van der Waals surface area (Å²) in [7, 11) is 1.44. The molecule has 20 heavy (non-hydrogen) atoms. The minimum Gasteiger partial charge on any atom is -0.496 e. The number of aromatic nitrogens is 3. The van der Waals surface area contributed by atoms with Crippen LogP contribution in [0.25, 0.3) is 0 Å². The van der Waals surface area contributed by atoms with Crippen molar-refractivity contribution in [3.63, 3.8) is 0 Å². The lowest BCUT2D eigenvalue weighted by Crippen LogP contribution is -2.08. The third kappa shape index (κ3) is 3.09. The van der Waals surface area contributed by atoms with E-state index in [1.807, 2.05) is 6.92 Å². The topological polar surface area (TPSA) is 50.8 Å². The molecule has 0 bridgehead atoms. The van der Waals surface area contributed by atoms with E-state index in [-0.39, 0.29) is 5.92 Å². The molecule has 0 aliphatic heterocycles. The molecule has 0 amide bonds. The summed E-state index contributed by atoms with van der Waals surface area (Å²) in [5, 5.41) is 10.1. The van der Waals surface area contributed by atoms with Crippen LogP contribution in [0.15, 0.2) is 24.4 Å². The van der Waals surface area contributed by atoms with E-state index < -0.39 is 11.7 Å². The first-order chi connectivity index (χ1) is 9.41. The van der Waals surface area contributed by atoms with Crippen molar-refractivity contribution >= 4 is 0 Å². The number of ether oxygens (including phenoxy) is 1. The second-order valence-electron chi connectivity index (χ2n) is 4.52. The minimum absolute atomic E-state index is 0.169. The summed E-state index contributed by atoms with van der Waals surface area (Å²) in [6.07, 6.45) is -2.33. The van der Waals surface area contributed by atoms with Crippen molar-refractivity contribution < 1.29 is 17.9 Å². The molecule has 0 saturated heterocycles. The fourth-order valence-corrected chi connectivity index (χ4v) is 2.04. The molecule has 0 fully saturated rings.